The zero-order valence-corrected chi connectivity index (χ0v) is 13.6. The average Bonchev–Trinajstić information content (AvgIpc) is 2.61. The lowest BCUT2D eigenvalue weighted by Crippen LogP contribution is -2.16. The first-order chi connectivity index (χ1) is 11.7. The second-order valence-corrected chi connectivity index (χ2v) is 5.31. The molecule has 0 unspecified atom stereocenters. The predicted octanol–water partition coefficient (Wildman–Crippen LogP) is 3.39. The van der Waals surface area contributed by atoms with Gasteiger partial charge in [0, 0.05) is 6.08 Å². The maximum atomic E-state index is 11.9. The number of hydrogen-bond acceptors (Lipinski definition) is 5. The number of ether oxygens (including phenoxy) is 4. The lowest BCUT2D eigenvalue weighted by molar-refractivity contribution is -0.128. The molecule has 0 aliphatic carbocycles. The molecule has 0 saturated carbocycles. The number of hydrogen-bond donors (Lipinski definition) is 0. The van der Waals surface area contributed by atoms with Gasteiger partial charge in [0.05, 0.1) is 7.11 Å². The molecule has 1 heterocycles. The van der Waals surface area contributed by atoms with Gasteiger partial charge in [0.1, 0.15) is 19.0 Å². The van der Waals surface area contributed by atoms with E-state index in [-0.39, 0.29) is 0 Å². The van der Waals surface area contributed by atoms with Gasteiger partial charge in [-0.05, 0) is 42.8 Å². The molecule has 0 radical (unpaired) electrons. The van der Waals surface area contributed by atoms with Crippen LogP contribution in [0.15, 0.2) is 42.5 Å². The van der Waals surface area contributed by atoms with Crippen molar-refractivity contribution in [3.8, 4) is 23.0 Å². The molecule has 2 aromatic carbocycles. The summed E-state index contributed by atoms with van der Waals surface area (Å²) in [6.45, 7) is 2.95. The van der Waals surface area contributed by atoms with Gasteiger partial charge in [-0.3, -0.25) is 0 Å². The van der Waals surface area contributed by atoms with Crippen molar-refractivity contribution >= 4 is 12.0 Å². The monoisotopic (exact) mass is 326 g/mol. The number of benzene rings is 2. The SMILES string of the molecule is COc1cc(C=CC(=O)Oc2ccc(C)cc2)cc2c1OCCO2. The number of aryl methyl sites for hydroxylation is 1. The van der Waals surface area contributed by atoms with Crippen LogP contribution in [0.5, 0.6) is 23.0 Å². The van der Waals surface area contributed by atoms with Gasteiger partial charge in [0.25, 0.3) is 0 Å². The van der Waals surface area contributed by atoms with Crippen LogP contribution in [0.3, 0.4) is 0 Å². The zero-order valence-electron chi connectivity index (χ0n) is 13.6. The minimum atomic E-state index is -0.451. The van der Waals surface area contributed by atoms with Gasteiger partial charge in [-0.1, -0.05) is 17.7 Å². The van der Waals surface area contributed by atoms with E-state index in [9.17, 15) is 4.79 Å². The highest BCUT2D eigenvalue weighted by atomic mass is 16.6. The van der Waals surface area contributed by atoms with Crippen molar-refractivity contribution in [3.63, 3.8) is 0 Å². The summed E-state index contributed by atoms with van der Waals surface area (Å²) in [5, 5.41) is 0. The highest BCUT2D eigenvalue weighted by Crippen LogP contribution is 2.40. The van der Waals surface area contributed by atoms with Crippen LogP contribution in [0.1, 0.15) is 11.1 Å². The van der Waals surface area contributed by atoms with Crippen LogP contribution in [0.4, 0.5) is 0 Å². The predicted molar refractivity (Wildman–Crippen MR) is 89.8 cm³/mol. The van der Waals surface area contributed by atoms with Crippen LogP contribution < -0.4 is 18.9 Å². The first-order valence-corrected chi connectivity index (χ1v) is 7.60. The summed E-state index contributed by atoms with van der Waals surface area (Å²) in [4.78, 5) is 11.9. The molecule has 0 spiro atoms. The molecule has 3 rings (SSSR count). The Hall–Kier alpha value is -2.95. The lowest BCUT2D eigenvalue weighted by atomic mass is 10.1. The summed E-state index contributed by atoms with van der Waals surface area (Å²) >= 11 is 0. The molecule has 1 aliphatic heterocycles. The topological polar surface area (TPSA) is 54.0 Å². The minimum absolute atomic E-state index is 0.451. The van der Waals surface area contributed by atoms with Gasteiger partial charge in [-0.25, -0.2) is 4.79 Å². The summed E-state index contributed by atoms with van der Waals surface area (Å²) in [6, 6.07) is 10.9. The Morgan fingerprint density at radius 2 is 1.88 bits per heavy atom. The second-order valence-electron chi connectivity index (χ2n) is 5.31. The van der Waals surface area contributed by atoms with Gasteiger partial charge in [0.2, 0.25) is 5.75 Å². The fourth-order valence-corrected chi connectivity index (χ4v) is 2.31. The number of methoxy groups -OCH3 is 1. The highest BCUT2D eigenvalue weighted by Gasteiger charge is 2.17. The third-order valence-electron chi connectivity index (χ3n) is 3.50. The third-order valence-corrected chi connectivity index (χ3v) is 3.50. The van der Waals surface area contributed by atoms with E-state index in [1.54, 1.807) is 37.5 Å². The molecule has 2 aromatic rings. The molecule has 124 valence electrons. The van der Waals surface area contributed by atoms with Crippen molar-refractivity contribution in [1.29, 1.82) is 0 Å². The average molecular weight is 326 g/mol. The molecule has 5 nitrogen and oxygen atoms in total. The summed E-state index contributed by atoms with van der Waals surface area (Å²) in [6.07, 6.45) is 3.02. The zero-order chi connectivity index (χ0) is 16.9. The quantitative estimate of drug-likeness (QED) is 0.490. The van der Waals surface area contributed by atoms with Crippen LogP contribution in [0.2, 0.25) is 0 Å². The molecular weight excluding hydrogens is 308 g/mol. The van der Waals surface area contributed by atoms with Crippen LogP contribution in [0, 0.1) is 6.92 Å². The van der Waals surface area contributed by atoms with E-state index in [1.165, 1.54) is 6.08 Å². The van der Waals surface area contributed by atoms with Crippen LogP contribution in [-0.2, 0) is 4.79 Å². The van der Waals surface area contributed by atoms with Crippen molar-refractivity contribution in [2.75, 3.05) is 20.3 Å². The number of carbonyl (C=O) groups excluding carboxylic acids is 1. The Labute approximate surface area is 140 Å². The third kappa shape index (κ3) is 3.68. The normalized spacial score (nSPS) is 12.9. The first-order valence-electron chi connectivity index (χ1n) is 7.60. The number of rotatable bonds is 4. The summed E-state index contributed by atoms with van der Waals surface area (Å²) < 4.78 is 21.7. The molecule has 0 N–H and O–H groups in total. The fourth-order valence-electron chi connectivity index (χ4n) is 2.31. The first kappa shape index (κ1) is 15.9. The van der Waals surface area contributed by atoms with Gasteiger partial charge >= 0.3 is 5.97 Å². The van der Waals surface area contributed by atoms with Gasteiger partial charge < -0.3 is 18.9 Å². The Kier molecular flexibility index (Phi) is 4.70. The van der Waals surface area contributed by atoms with E-state index in [1.807, 2.05) is 19.1 Å². The molecular formula is C19H18O5. The standard InChI is InChI=1S/C19H18O5/c1-13-3-6-15(7-4-13)24-18(20)8-5-14-11-16(21-2)19-17(12-14)22-9-10-23-19/h3-8,11-12H,9-10H2,1-2H3. The van der Waals surface area contributed by atoms with E-state index in [0.29, 0.717) is 36.2 Å². The number of esters is 1. The van der Waals surface area contributed by atoms with E-state index >= 15 is 0 Å². The molecule has 0 amide bonds. The molecule has 0 bridgehead atoms. The van der Waals surface area contributed by atoms with E-state index in [2.05, 4.69) is 0 Å². The van der Waals surface area contributed by atoms with Crippen LogP contribution in [0.25, 0.3) is 6.08 Å². The van der Waals surface area contributed by atoms with Crippen molar-refractivity contribution in [2.24, 2.45) is 0 Å². The fraction of sp³-hybridized carbons (Fsp3) is 0.211. The molecule has 24 heavy (non-hydrogen) atoms. The second kappa shape index (κ2) is 7.08. The Balaban J connectivity index is 1.73. The maximum Gasteiger partial charge on any atom is 0.336 e. The Morgan fingerprint density at radius 1 is 1.12 bits per heavy atom. The largest absolute Gasteiger partial charge is 0.493 e. The molecule has 0 atom stereocenters. The van der Waals surface area contributed by atoms with Crippen molar-refractivity contribution in [2.45, 2.75) is 6.92 Å². The van der Waals surface area contributed by atoms with E-state index < -0.39 is 5.97 Å². The molecule has 0 fully saturated rings. The minimum Gasteiger partial charge on any atom is -0.493 e. The van der Waals surface area contributed by atoms with Crippen LogP contribution >= 0.6 is 0 Å². The van der Waals surface area contributed by atoms with E-state index in [4.69, 9.17) is 18.9 Å². The number of fused-ring (bicyclic) bond motifs is 1. The lowest BCUT2D eigenvalue weighted by Gasteiger charge is -2.20. The van der Waals surface area contributed by atoms with Crippen molar-refractivity contribution in [3.05, 3.63) is 53.6 Å². The smallest absolute Gasteiger partial charge is 0.336 e. The molecule has 5 heteroatoms. The summed E-state index contributed by atoms with van der Waals surface area (Å²) in [5.74, 6) is 1.82. The molecule has 0 aromatic heterocycles. The molecule has 0 saturated heterocycles. The summed E-state index contributed by atoms with van der Waals surface area (Å²) in [7, 11) is 1.56. The maximum absolute atomic E-state index is 11.9. The van der Waals surface area contributed by atoms with Crippen LogP contribution in [-0.4, -0.2) is 26.3 Å². The van der Waals surface area contributed by atoms with Gasteiger partial charge in [0.15, 0.2) is 11.5 Å². The van der Waals surface area contributed by atoms with Crippen molar-refractivity contribution < 1.29 is 23.7 Å². The Morgan fingerprint density at radius 3 is 2.62 bits per heavy atom. The van der Waals surface area contributed by atoms with E-state index in [0.717, 1.165) is 11.1 Å². The molecule has 1 aliphatic rings. The van der Waals surface area contributed by atoms with Gasteiger partial charge in [-0.2, -0.15) is 0 Å². The number of carbonyl (C=O) groups is 1. The highest BCUT2D eigenvalue weighted by molar-refractivity contribution is 5.89. The summed E-state index contributed by atoms with van der Waals surface area (Å²) in [5.41, 5.74) is 1.87. The van der Waals surface area contributed by atoms with Gasteiger partial charge in [-0.15, -0.1) is 0 Å². The van der Waals surface area contributed by atoms with Crippen molar-refractivity contribution in [1.82, 2.24) is 0 Å². The Bertz CT molecular complexity index is 745.